The molecule has 0 radical (unpaired) electrons. The quantitative estimate of drug-likeness (QED) is 0.205. The molecule has 1 nitrogen and oxygen atoms in total. The van der Waals surface area contributed by atoms with E-state index in [2.05, 4.69) is 146 Å². The molecule has 2 aromatic heterocycles. The van der Waals surface area contributed by atoms with Gasteiger partial charge in [-0.25, -0.2) is 0 Å². The van der Waals surface area contributed by atoms with Crippen LogP contribution in [0.15, 0.2) is 127 Å². The molecule has 0 saturated heterocycles. The molecular weight excluding hydrogens is 515 g/mol. The van der Waals surface area contributed by atoms with Gasteiger partial charge in [-0.1, -0.05) is 123 Å². The number of thiophene rings is 1. The van der Waals surface area contributed by atoms with Crippen LogP contribution in [0, 0.1) is 0 Å². The van der Waals surface area contributed by atoms with Crippen LogP contribution in [-0.4, -0.2) is 4.57 Å². The largest absolute Gasteiger partial charge is 0.307 e. The van der Waals surface area contributed by atoms with E-state index in [1.54, 1.807) is 0 Å². The van der Waals surface area contributed by atoms with E-state index in [9.17, 15) is 0 Å². The van der Waals surface area contributed by atoms with E-state index in [0.29, 0.717) is 0 Å². The van der Waals surface area contributed by atoms with Crippen molar-refractivity contribution in [1.82, 2.24) is 4.57 Å². The van der Waals surface area contributed by atoms with Gasteiger partial charge in [0.2, 0.25) is 0 Å². The molecule has 1 aliphatic rings. The summed E-state index contributed by atoms with van der Waals surface area (Å²) in [6, 6.07) is 47.0. The third-order valence-corrected chi connectivity index (χ3v) is 10.4. The number of benzene rings is 6. The fourth-order valence-corrected chi connectivity index (χ4v) is 8.55. The van der Waals surface area contributed by atoms with Gasteiger partial charge in [0.05, 0.1) is 15.7 Å². The van der Waals surface area contributed by atoms with E-state index in [1.807, 2.05) is 11.3 Å². The highest BCUT2D eigenvalue weighted by Gasteiger charge is 2.38. The van der Waals surface area contributed by atoms with Gasteiger partial charge in [-0.05, 0) is 51.6 Å². The number of rotatable bonds is 2. The van der Waals surface area contributed by atoms with E-state index in [0.717, 1.165) is 0 Å². The SMILES string of the molecule is CC1(C)c2ccccc2-c2ccc3c4ccc5c6ccccc6sc5c4n(-c4ccc(-c5ccccc5)cc4)c3c21. The van der Waals surface area contributed by atoms with Crippen molar-refractivity contribution < 1.29 is 0 Å². The summed E-state index contributed by atoms with van der Waals surface area (Å²) in [4.78, 5) is 0. The molecule has 0 atom stereocenters. The molecule has 41 heavy (non-hydrogen) atoms. The first kappa shape index (κ1) is 23.1. The van der Waals surface area contributed by atoms with Crippen molar-refractivity contribution in [3.63, 3.8) is 0 Å². The molecule has 0 N–H and O–H groups in total. The van der Waals surface area contributed by atoms with Crippen LogP contribution < -0.4 is 0 Å². The lowest BCUT2D eigenvalue weighted by molar-refractivity contribution is 0.664. The van der Waals surface area contributed by atoms with Gasteiger partial charge in [0.1, 0.15) is 0 Å². The van der Waals surface area contributed by atoms with Crippen molar-refractivity contribution in [2.75, 3.05) is 0 Å². The molecular formula is C39H27NS. The molecule has 2 heteroatoms. The summed E-state index contributed by atoms with van der Waals surface area (Å²) >= 11 is 1.91. The predicted octanol–water partition coefficient (Wildman–Crippen LogP) is 11.1. The fraction of sp³-hybridized carbons (Fsp3) is 0.0769. The maximum Gasteiger partial charge on any atom is 0.0719 e. The second-order valence-corrected chi connectivity index (χ2v) is 12.8. The zero-order valence-corrected chi connectivity index (χ0v) is 23.8. The molecule has 194 valence electrons. The summed E-state index contributed by atoms with van der Waals surface area (Å²) < 4.78 is 5.27. The fourth-order valence-electron chi connectivity index (χ4n) is 7.31. The smallest absolute Gasteiger partial charge is 0.0719 e. The Labute approximate surface area is 242 Å². The van der Waals surface area contributed by atoms with Crippen LogP contribution >= 0.6 is 11.3 Å². The molecule has 1 aliphatic carbocycles. The zero-order chi connectivity index (χ0) is 27.3. The molecule has 0 saturated carbocycles. The Morgan fingerprint density at radius 3 is 2.02 bits per heavy atom. The number of hydrogen-bond donors (Lipinski definition) is 0. The molecule has 6 aromatic carbocycles. The summed E-state index contributed by atoms with van der Waals surface area (Å²) in [5.74, 6) is 0. The minimum atomic E-state index is -0.110. The van der Waals surface area contributed by atoms with E-state index in [1.165, 1.54) is 81.0 Å². The van der Waals surface area contributed by atoms with Gasteiger partial charge in [-0.2, -0.15) is 0 Å². The normalized spacial score (nSPS) is 13.8. The van der Waals surface area contributed by atoms with Crippen molar-refractivity contribution in [2.45, 2.75) is 19.3 Å². The Morgan fingerprint density at radius 1 is 0.512 bits per heavy atom. The number of hydrogen-bond acceptors (Lipinski definition) is 1. The lowest BCUT2D eigenvalue weighted by Gasteiger charge is -2.23. The lowest BCUT2D eigenvalue weighted by atomic mass is 9.81. The molecule has 0 fully saturated rings. The van der Waals surface area contributed by atoms with Gasteiger partial charge in [0.15, 0.2) is 0 Å². The average molecular weight is 542 g/mol. The van der Waals surface area contributed by atoms with Gasteiger partial charge in [0.25, 0.3) is 0 Å². The summed E-state index contributed by atoms with van der Waals surface area (Å²) in [7, 11) is 0. The van der Waals surface area contributed by atoms with Crippen molar-refractivity contribution in [3.8, 4) is 27.9 Å². The van der Waals surface area contributed by atoms with Crippen molar-refractivity contribution in [1.29, 1.82) is 0 Å². The Bertz CT molecular complexity index is 2310. The van der Waals surface area contributed by atoms with Crippen LogP contribution in [0.25, 0.3) is 69.9 Å². The van der Waals surface area contributed by atoms with E-state index in [4.69, 9.17) is 0 Å². The van der Waals surface area contributed by atoms with Gasteiger partial charge in [-0.15, -0.1) is 11.3 Å². The van der Waals surface area contributed by atoms with Crippen LogP contribution in [-0.2, 0) is 5.41 Å². The first-order valence-corrected chi connectivity index (χ1v) is 15.1. The molecule has 0 bridgehead atoms. The van der Waals surface area contributed by atoms with Gasteiger partial charge in [0, 0.05) is 37.3 Å². The molecule has 0 unspecified atom stereocenters. The Morgan fingerprint density at radius 2 is 1.17 bits per heavy atom. The van der Waals surface area contributed by atoms with Crippen LogP contribution in [0.3, 0.4) is 0 Å². The summed E-state index contributed by atoms with van der Waals surface area (Å²) in [5.41, 5.74) is 11.8. The van der Waals surface area contributed by atoms with Crippen LogP contribution in [0.1, 0.15) is 25.0 Å². The predicted molar refractivity (Wildman–Crippen MR) is 177 cm³/mol. The summed E-state index contributed by atoms with van der Waals surface area (Å²) in [5, 5.41) is 5.32. The topological polar surface area (TPSA) is 4.93 Å². The van der Waals surface area contributed by atoms with Crippen LogP contribution in [0.4, 0.5) is 0 Å². The minimum absolute atomic E-state index is 0.110. The Kier molecular flexibility index (Phi) is 4.61. The lowest BCUT2D eigenvalue weighted by Crippen LogP contribution is -2.16. The number of fused-ring (bicyclic) bond motifs is 11. The van der Waals surface area contributed by atoms with E-state index >= 15 is 0 Å². The molecule has 9 rings (SSSR count). The molecule has 0 spiro atoms. The highest BCUT2D eigenvalue weighted by atomic mass is 32.1. The minimum Gasteiger partial charge on any atom is -0.307 e. The van der Waals surface area contributed by atoms with Crippen LogP contribution in [0.2, 0.25) is 0 Å². The Hall–Kier alpha value is -4.66. The monoisotopic (exact) mass is 541 g/mol. The van der Waals surface area contributed by atoms with Crippen molar-refractivity contribution in [2.24, 2.45) is 0 Å². The first-order chi connectivity index (χ1) is 20.1. The van der Waals surface area contributed by atoms with E-state index < -0.39 is 0 Å². The zero-order valence-electron chi connectivity index (χ0n) is 23.0. The highest BCUT2D eigenvalue weighted by molar-refractivity contribution is 7.26. The molecule has 0 amide bonds. The third kappa shape index (κ3) is 3.06. The number of nitrogens with zero attached hydrogens (tertiary/aromatic N) is 1. The van der Waals surface area contributed by atoms with Gasteiger partial charge in [-0.3, -0.25) is 0 Å². The average Bonchev–Trinajstić information content (AvgIpc) is 3.64. The maximum atomic E-state index is 2.57. The standard InChI is InChI=1S/C39H27NS/c1-39(2)33-14-8-6-12-27(33)29-20-21-30-31-22-23-32-28-13-7-9-15-34(28)41-38(32)37(31)40(36(30)35(29)39)26-18-16-25(17-19-26)24-10-4-3-5-11-24/h3-23H,1-2H3. The van der Waals surface area contributed by atoms with Crippen molar-refractivity contribution >= 4 is 53.3 Å². The summed E-state index contributed by atoms with van der Waals surface area (Å²) in [6.07, 6.45) is 0. The highest BCUT2D eigenvalue weighted by Crippen LogP contribution is 2.54. The molecule has 2 heterocycles. The van der Waals surface area contributed by atoms with Gasteiger partial charge < -0.3 is 4.57 Å². The maximum absolute atomic E-state index is 2.57. The third-order valence-electron chi connectivity index (χ3n) is 9.18. The second kappa shape index (κ2) is 8.19. The van der Waals surface area contributed by atoms with E-state index in [-0.39, 0.29) is 5.41 Å². The van der Waals surface area contributed by atoms with Crippen LogP contribution in [0.5, 0.6) is 0 Å². The second-order valence-electron chi connectivity index (χ2n) is 11.7. The molecule has 8 aromatic rings. The first-order valence-electron chi connectivity index (χ1n) is 14.3. The summed E-state index contributed by atoms with van der Waals surface area (Å²) in [6.45, 7) is 4.79. The number of aromatic nitrogens is 1. The Balaban J connectivity index is 1.44. The molecule has 0 aliphatic heterocycles. The van der Waals surface area contributed by atoms with Crippen molar-refractivity contribution in [3.05, 3.63) is 139 Å². The van der Waals surface area contributed by atoms with Gasteiger partial charge >= 0.3 is 0 Å².